The lowest BCUT2D eigenvalue weighted by molar-refractivity contribution is -0.155. The maximum atomic E-state index is 12.2. The molecule has 2 aliphatic rings. The number of likely N-dealkylation sites (tertiary alicyclic amines) is 1. The first kappa shape index (κ1) is 14.4. The molecule has 5 atom stereocenters. The number of piperidine rings is 1. The number of rotatable bonds is 3. The molecule has 2 rings (SSSR count). The van der Waals surface area contributed by atoms with Crippen LogP contribution in [0, 0.1) is 23.7 Å². The molecule has 19 heavy (non-hydrogen) atoms. The summed E-state index contributed by atoms with van der Waals surface area (Å²) >= 11 is 0. The number of amides is 1. The smallest absolute Gasteiger partial charge is 0.308 e. The molecule has 1 aliphatic heterocycles. The standard InChI is InChI=1S/C15H25NO3/c1-9-4-5-12(6-9)8-16-11(3)14(15(18)19)10(2)7-13(16)17/h9-12,14H,4-8H2,1-3H3,(H,18,19). The fourth-order valence-corrected chi connectivity index (χ4v) is 3.90. The Morgan fingerprint density at radius 2 is 2.00 bits per heavy atom. The largest absolute Gasteiger partial charge is 0.481 e. The summed E-state index contributed by atoms with van der Waals surface area (Å²) in [6, 6.07) is -0.176. The van der Waals surface area contributed by atoms with Crippen LogP contribution < -0.4 is 0 Å². The zero-order chi connectivity index (χ0) is 14.2. The lowest BCUT2D eigenvalue weighted by atomic mass is 9.80. The third-order valence-corrected chi connectivity index (χ3v) is 4.98. The number of carboxylic acids is 1. The maximum Gasteiger partial charge on any atom is 0.308 e. The van der Waals surface area contributed by atoms with Crippen LogP contribution in [0.1, 0.15) is 46.5 Å². The quantitative estimate of drug-likeness (QED) is 0.854. The Labute approximate surface area is 115 Å². The van der Waals surface area contributed by atoms with E-state index in [1.165, 1.54) is 19.3 Å². The van der Waals surface area contributed by atoms with E-state index >= 15 is 0 Å². The Morgan fingerprint density at radius 3 is 2.53 bits per heavy atom. The molecule has 0 aromatic rings. The van der Waals surface area contributed by atoms with Gasteiger partial charge in [-0.15, -0.1) is 0 Å². The Balaban J connectivity index is 2.05. The summed E-state index contributed by atoms with van der Waals surface area (Å²) in [5, 5.41) is 9.35. The molecule has 1 heterocycles. The summed E-state index contributed by atoms with van der Waals surface area (Å²) in [5.74, 6) is 0.197. The number of aliphatic carboxylic acids is 1. The van der Waals surface area contributed by atoms with Gasteiger partial charge in [0.2, 0.25) is 5.91 Å². The van der Waals surface area contributed by atoms with Crippen molar-refractivity contribution in [1.82, 2.24) is 4.90 Å². The molecule has 0 bridgehead atoms. The van der Waals surface area contributed by atoms with Crippen molar-refractivity contribution in [3.05, 3.63) is 0 Å². The third kappa shape index (κ3) is 2.93. The normalized spacial score (nSPS) is 39.6. The molecule has 4 nitrogen and oxygen atoms in total. The molecule has 0 spiro atoms. The second-order valence-corrected chi connectivity index (χ2v) is 6.62. The Bertz CT molecular complexity index is 368. The molecule has 108 valence electrons. The molecule has 2 fully saturated rings. The van der Waals surface area contributed by atoms with E-state index in [2.05, 4.69) is 6.92 Å². The van der Waals surface area contributed by atoms with Gasteiger partial charge in [-0.1, -0.05) is 20.3 Å². The molecule has 0 aromatic carbocycles. The molecular formula is C15H25NO3. The lowest BCUT2D eigenvalue weighted by Gasteiger charge is -2.41. The number of carboxylic acid groups (broad SMARTS) is 1. The molecule has 0 aromatic heterocycles. The Kier molecular flexibility index (Phi) is 4.16. The van der Waals surface area contributed by atoms with Gasteiger partial charge in [-0.05, 0) is 37.5 Å². The highest BCUT2D eigenvalue weighted by molar-refractivity contribution is 5.81. The molecule has 1 amide bonds. The van der Waals surface area contributed by atoms with Crippen LogP contribution in [-0.2, 0) is 9.59 Å². The summed E-state index contributed by atoms with van der Waals surface area (Å²) in [4.78, 5) is 25.4. The SMILES string of the molecule is CC1CCC(CN2C(=O)CC(C)C(C(=O)O)C2C)C1. The highest BCUT2D eigenvalue weighted by Crippen LogP contribution is 2.35. The van der Waals surface area contributed by atoms with Crippen molar-refractivity contribution in [1.29, 1.82) is 0 Å². The second-order valence-electron chi connectivity index (χ2n) is 6.62. The Morgan fingerprint density at radius 1 is 1.32 bits per heavy atom. The maximum absolute atomic E-state index is 12.2. The van der Waals surface area contributed by atoms with E-state index in [4.69, 9.17) is 0 Å². The van der Waals surface area contributed by atoms with Gasteiger partial charge in [-0.25, -0.2) is 0 Å². The highest BCUT2D eigenvalue weighted by Gasteiger charge is 2.42. The molecule has 1 N–H and O–H groups in total. The predicted molar refractivity (Wildman–Crippen MR) is 72.6 cm³/mol. The van der Waals surface area contributed by atoms with Gasteiger partial charge in [0.05, 0.1) is 5.92 Å². The van der Waals surface area contributed by atoms with E-state index in [0.717, 1.165) is 12.5 Å². The second kappa shape index (κ2) is 5.51. The molecule has 0 radical (unpaired) electrons. The summed E-state index contributed by atoms with van der Waals surface area (Å²) in [7, 11) is 0. The van der Waals surface area contributed by atoms with Crippen molar-refractivity contribution >= 4 is 11.9 Å². The van der Waals surface area contributed by atoms with Crippen molar-refractivity contribution in [2.75, 3.05) is 6.54 Å². The number of hydrogen-bond acceptors (Lipinski definition) is 2. The zero-order valence-electron chi connectivity index (χ0n) is 12.1. The van der Waals surface area contributed by atoms with Gasteiger partial charge in [-0.2, -0.15) is 0 Å². The lowest BCUT2D eigenvalue weighted by Crippen LogP contribution is -2.53. The molecule has 4 heteroatoms. The number of hydrogen-bond donors (Lipinski definition) is 1. The molecule has 1 saturated heterocycles. The van der Waals surface area contributed by atoms with Crippen molar-refractivity contribution in [3.63, 3.8) is 0 Å². The van der Waals surface area contributed by atoms with Crippen molar-refractivity contribution in [2.45, 2.75) is 52.5 Å². The van der Waals surface area contributed by atoms with Gasteiger partial charge in [0.25, 0.3) is 0 Å². The fourth-order valence-electron chi connectivity index (χ4n) is 3.90. The molecule has 5 unspecified atom stereocenters. The van der Waals surface area contributed by atoms with Crippen molar-refractivity contribution in [3.8, 4) is 0 Å². The van der Waals surface area contributed by atoms with Crippen LogP contribution in [0.2, 0.25) is 0 Å². The average Bonchev–Trinajstić information content (AvgIpc) is 2.69. The zero-order valence-corrected chi connectivity index (χ0v) is 12.1. The summed E-state index contributed by atoms with van der Waals surface area (Å²) in [5.41, 5.74) is 0. The van der Waals surface area contributed by atoms with Crippen LogP contribution in [0.5, 0.6) is 0 Å². The van der Waals surface area contributed by atoms with E-state index < -0.39 is 11.9 Å². The van der Waals surface area contributed by atoms with Crippen LogP contribution in [0.15, 0.2) is 0 Å². The third-order valence-electron chi connectivity index (χ3n) is 4.98. The first-order valence-corrected chi connectivity index (χ1v) is 7.42. The summed E-state index contributed by atoms with van der Waals surface area (Å²) in [6.07, 6.45) is 3.96. The molecule has 1 aliphatic carbocycles. The van der Waals surface area contributed by atoms with Gasteiger partial charge in [-0.3, -0.25) is 9.59 Å². The first-order valence-electron chi connectivity index (χ1n) is 7.42. The Hall–Kier alpha value is -1.06. The van der Waals surface area contributed by atoms with E-state index in [0.29, 0.717) is 12.3 Å². The summed E-state index contributed by atoms with van der Waals surface area (Å²) < 4.78 is 0. The fraction of sp³-hybridized carbons (Fsp3) is 0.867. The number of carbonyl (C=O) groups is 2. The van der Waals surface area contributed by atoms with Crippen LogP contribution in [0.4, 0.5) is 0 Å². The van der Waals surface area contributed by atoms with Crippen LogP contribution in [0.3, 0.4) is 0 Å². The average molecular weight is 267 g/mol. The topological polar surface area (TPSA) is 57.6 Å². The van der Waals surface area contributed by atoms with Crippen LogP contribution >= 0.6 is 0 Å². The monoisotopic (exact) mass is 267 g/mol. The van der Waals surface area contributed by atoms with Crippen molar-refractivity contribution < 1.29 is 14.7 Å². The van der Waals surface area contributed by atoms with Gasteiger partial charge in [0.15, 0.2) is 0 Å². The first-order chi connectivity index (χ1) is 8.90. The highest BCUT2D eigenvalue weighted by atomic mass is 16.4. The van der Waals surface area contributed by atoms with Gasteiger partial charge < -0.3 is 10.0 Å². The van der Waals surface area contributed by atoms with E-state index in [9.17, 15) is 14.7 Å². The predicted octanol–water partition coefficient (Wildman–Crippen LogP) is 2.38. The number of carbonyl (C=O) groups excluding carboxylic acids is 1. The minimum atomic E-state index is -0.766. The van der Waals surface area contributed by atoms with Crippen LogP contribution in [-0.4, -0.2) is 34.5 Å². The van der Waals surface area contributed by atoms with E-state index in [1.54, 1.807) is 0 Å². The van der Waals surface area contributed by atoms with E-state index in [-0.39, 0.29) is 17.9 Å². The molecule has 1 saturated carbocycles. The minimum Gasteiger partial charge on any atom is -0.481 e. The van der Waals surface area contributed by atoms with Crippen LogP contribution in [0.25, 0.3) is 0 Å². The van der Waals surface area contributed by atoms with Gasteiger partial charge in [0, 0.05) is 19.0 Å². The van der Waals surface area contributed by atoms with E-state index in [1.807, 2.05) is 18.7 Å². The minimum absolute atomic E-state index is 0.0567. The van der Waals surface area contributed by atoms with Crippen molar-refractivity contribution in [2.24, 2.45) is 23.7 Å². The number of nitrogens with zero attached hydrogens (tertiary/aromatic N) is 1. The van der Waals surface area contributed by atoms with Gasteiger partial charge in [0.1, 0.15) is 0 Å². The summed E-state index contributed by atoms with van der Waals surface area (Å²) in [6.45, 7) is 6.78. The molecular weight excluding hydrogens is 242 g/mol. The van der Waals surface area contributed by atoms with Gasteiger partial charge >= 0.3 is 5.97 Å².